The molecule has 4 aliphatic rings. The van der Waals surface area contributed by atoms with Crippen LogP contribution in [0.4, 0.5) is 0 Å². The maximum absolute atomic E-state index is 13.9. The van der Waals surface area contributed by atoms with Crippen molar-refractivity contribution in [3.8, 4) is 0 Å². The van der Waals surface area contributed by atoms with Crippen molar-refractivity contribution in [3.63, 3.8) is 0 Å². The third-order valence-corrected chi connectivity index (χ3v) is 7.92. The van der Waals surface area contributed by atoms with Gasteiger partial charge in [-0.1, -0.05) is 60.7 Å². The monoisotopic (exact) mass is 487 g/mol. The number of benzene rings is 2. The molecule has 1 saturated heterocycles. The molecule has 1 aliphatic carbocycles. The van der Waals surface area contributed by atoms with Gasteiger partial charge in [0.05, 0.1) is 6.42 Å². The first-order valence-corrected chi connectivity index (χ1v) is 13.1. The Morgan fingerprint density at radius 2 is 1.72 bits per heavy atom. The molecular weight excluding hydrogens is 450 g/mol. The lowest BCUT2D eigenvalue weighted by Crippen LogP contribution is -2.64. The topological polar surface area (TPSA) is 71.0 Å². The van der Waals surface area contributed by atoms with E-state index in [4.69, 9.17) is 9.73 Å². The third kappa shape index (κ3) is 4.96. The van der Waals surface area contributed by atoms with Gasteiger partial charge in [0.15, 0.2) is 0 Å². The van der Waals surface area contributed by atoms with Crippen molar-refractivity contribution < 1.29 is 14.3 Å². The zero-order valence-electron chi connectivity index (χ0n) is 21.5. The first-order chi connectivity index (χ1) is 17.2. The normalized spacial score (nSPS) is 28.8. The maximum Gasteiger partial charge on any atom is 0.307 e. The predicted octanol–water partition coefficient (Wildman–Crippen LogP) is 4.04. The van der Waals surface area contributed by atoms with E-state index in [-0.39, 0.29) is 23.8 Å². The van der Waals surface area contributed by atoms with Crippen LogP contribution in [0.3, 0.4) is 0 Å². The second-order valence-corrected chi connectivity index (χ2v) is 11.5. The van der Waals surface area contributed by atoms with Gasteiger partial charge in [-0.3, -0.25) is 19.5 Å². The summed E-state index contributed by atoms with van der Waals surface area (Å²) in [6.07, 6.45) is 3.95. The van der Waals surface area contributed by atoms with Gasteiger partial charge in [0.1, 0.15) is 11.1 Å². The molecule has 1 N–H and O–H groups in total. The maximum atomic E-state index is 13.9. The van der Waals surface area contributed by atoms with Crippen molar-refractivity contribution in [1.29, 1.82) is 0 Å². The molecule has 5 atom stereocenters. The Hall–Kier alpha value is -2.99. The van der Waals surface area contributed by atoms with E-state index in [0.29, 0.717) is 31.3 Å². The molecule has 3 aliphatic heterocycles. The van der Waals surface area contributed by atoms with Crippen LogP contribution in [-0.2, 0) is 27.3 Å². The number of carbonyl (C=O) groups excluding carboxylic acids is 2. The van der Waals surface area contributed by atoms with Crippen molar-refractivity contribution in [2.24, 2.45) is 22.7 Å². The van der Waals surface area contributed by atoms with E-state index in [1.165, 1.54) is 5.56 Å². The lowest BCUT2D eigenvalue weighted by molar-refractivity contribution is -0.155. The number of rotatable bonds is 8. The Morgan fingerprint density at radius 1 is 1.06 bits per heavy atom. The fourth-order valence-electron chi connectivity index (χ4n) is 6.48. The van der Waals surface area contributed by atoms with Crippen LogP contribution in [0.15, 0.2) is 65.7 Å². The van der Waals surface area contributed by atoms with E-state index in [1.807, 2.05) is 57.2 Å². The molecule has 2 aromatic carbocycles. The van der Waals surface area contributed by atoms with Crippen LogP contribution in [0.25, 0.3) is 0 Å². The highest BCUT2D eigenvalue weighted by Crippen LogP contribution is 2.53. The first-order valence-electron chi connectivity index (χ1n) is 13.1. The Labute approximate surface area is 214 Å². The minimum atomic E-state index is -0.782. The number of amides is 1. The third-order valence-electron chi connectivity index (χ3n) is 7.92. The van der Waals surface area contributed by atoms with Gasteiger partial charge in [-0.25, -0.2) is 0 Å². The van der Waals surface area contributed by atoms with E-state index in [0.717, 1.165) is 24.9 Å². The van der Waals surface area contributed by atoms with Gasteiger partial charge in [0.25, 0.3) is 0 Å². The summed E-state index contributed by atoms with van der Waals surface area (Å²) in [6, 6.07) is 20.6. The Morgan fingerprint density at radius 3 is 2.39 bits per heavy atom. The van der Waals surface area contributed by atoms with Gasteiger partial charge in [-0.05, 0) is 50.7 Å². The minimum Gasteiger partial charge on any atom is -0.460 e. The number of nitrogens with zero attached hydrogens (tertiary/aromatic N) is 2. The van der Waals surface area contributed by atoms with E-state index in [9.17, 15) is 9.59 Å². The Balaban J connectivity index is 1.38. The molecule has 190 valence electrons. The van der Waals surface area contributed by atoms with Crippen molar-refractivity contribution >= 4 is 18.1 Å². The molecular formula is C30H37N3O3. The molecule has 6 heteroatoms. The molecule has 0 aromatic heterocycles. The largest absolute Gasteiger partial charge is 0.460 e. The number of hydrogen-bond acceptors (Lipinski definition) is 5. The zero-order chi connectivity index (χ0) is 25.3. The lowest BCUT2D eigenvalue weighted by atomic mass is 9.59. The number of likely N-dealkylation sites (tertiary alicyclic amines) is 1. The average Bonchev–Trinajstić information content (AvgIpc) is 3.16. The summed E-state index contributed by atoms with van der Waals surface area (Å²) in [5.74, 6) is 0.591. The lowest BCUT2D eigenvalue weighted by Gasteiger charge is -2.51. The summed E-state index contributed by atoms with van der Waals surface area (Å²) < 4.78 is 5.57. The highest BCUT2D eigenvalue weighted by Gasteiger charge is 2.63. The minimum absolute atomic E-state index is 0.0191. The van der Waals surface area contributed by atoms with Gasteiger partial charge in [-0.2, -0.15) is 0 Å². The summed E-state index contributed by atoms with van der Waals surface area (Å²) in [7, 11) is 0. The van der Waals surface area contributed by atoms with Gasteiger partial charge in [-0.15, -0.1) is 0 Å². The average molecular weight is 488 g/mol. The summed E-state index contributed by atoms with van der Waals surface area (Å²) in [5, 5.41) is 3.22. The summed E-state index contributed by atoms with van der Waals surface area (Å²) in [6.45, 7) is 7.73. The van der Waals surface area contributed by atoms with E-state index in [1.54, 1.807) is 0 Å². The van der Waals surface area contributed by atoms with Gasteiger partial charge >= 0.3 is 5.97 Å². The number of hydrogen-bond donors (Lipinski definition) is 1. The predicted molar refractivity (Wildman–Crippen MR) is 141 cm³/mol. The molecule has 4 bridgehead atoms. The van der Waals surface area contributed by atoms with E-state index < -0.39 is 11.1 Å². The van der Waals surface area contributed by atoms with Gasteiger partial charge < -0.3 is 10.1 Å². The highest BCUT2D eigenvalue weighted by molar-refractivity contribution is 5.91. The van der Waals surface area contributed by atoms with Crippen LogP contribution in [0.2, 0.25) is 0 Å². The van der Waals surface area contributed by atoms with Gasteiger partial charge in [0.2, 0.25) is 5.91 Å². The molecule has 36 heavy (non-hydrogen) atoms. The first kappa shape index (κ1) is 24.7. The summed E-state index contributed by atoms with van der Waals surface area (Å²) in [5.41, 5.74) is 1.03. The van der Waals surface area contributed by atoms with E-state index in [2.05, 4.69) is 40.7 Å². The molecule has 3 heterocycles. The fourth-order valence-corrected chi connectivity index (χ4v) is 6.48. The van der Waals surface area contributed by atoms with Crippen LogP contribution in [0.1, 0.15) is 44.7 Å². The number of aliphatic imine (C=N–C) groups is 1. The second kappa shape index (κ2) is 9.81. The molecule has 2 aromatic rings. The van der Waals surface area contributed by atoms with Crippen LogP contribution in [-0.4, -0.2) is 53.3 Å². The standard InChI is InChI=1S/C30H37N3O3/c1-29(2,3)36-26(34)14-15-33-20-23-17-30(28(35)31-18-22-12-8-5-9-13-22)25(27(33)24(23)19-32-30)16-21-10-6-4-7-11-21/h4-13,19,23-25,27H,14-18,20H2,1-3H3,(H,31,35)/t23-,24-,25+,27+,30+/m1/s1. The number of ether oxygens (including phenoxy) is 1. The summed E-state index contributed by atoms with van der Waals surface area (Å²) in [4.78, 5) is 33.8. The van der Waals surface area contributed by atoms with Crippen molar-refractivity contribution in [1.82, 2.24) is 10.2 Å². The fraction of sp³-hybridized carbons (Fsp3) is 0.500. The molecule has 0 spiro atoms. The Kier molecular flexibility index (Phi) is 6.73. The molecule has 6 nitrogen and oxygen atoms in total. The number of nitrogens with one attached hydrogen (secondary N) is 1. The van der Waals surface area contributed by atoms with Crippen molar-refractivity contribution in [2.45, 2.75) is 63.8 Å². The molecule has 1 amide bonds. The molecule has 2 fully saturated rings. The zero-order valence-corrected chi connectivity index (χ0v) is 21.5. The highest BCUT2D eigenvalue weighted by atomic mass is 16.6. The molecule has 6 rings (SSSR count). The second-order valence-electron chi connectivity index (χ2n) is 11.5. The number of carbonyl (C=O) groups is 2. The quantitative estimate of drug-likeness (QED) is 0.571. The molecule has 0 unspecified atom stereocenters. The SMILES string of the molecule is CC(C)(C)OC(=O)CCN1C[C@H]2C[C@]3(C(=O)NCc4ccccc4)N=C[C@H]2[C@H]1[C@@H]3Cc1ccccc1. The van der Waals surface area contributed by atoms with Crippen molar-refractivity contribution in [3.05, 3.63) is 71.8 Å². The smallest absolute Gasteiger partial charge is 0.307 e. The van der Waals surface area contributed by atoms with E-state index >= 15 is 0 Å². The number of esters is 1. The van der Waals surface area contributed by atoms with Crippen LogP contribution in [0, 0.1) is 17.8 Å². The van der Waals surface area contributed by atoms with Crippen LogP contribution >= 0.6 is 0 Å². The molecule has 0 radical (unpaired) electrons. The van der Waals surface area contributed by atoms with Crippen molar-refractivity contribution in [2.75, 3.05) is 13.1 Å². The van der Waals surface area contributed by atoms with Gasteiger partial charge in [0, 0.05) is 43.7 Å². The summed E-state index contributed by atoms with van der Waals surface area (Å²) >= 11 is 0. The van der Waals surface area contributed by atoms with Crippen LogP contribution < -0.4 is 5.32 Å². The van der Waals surface area contributed by atoms with Crippen LogP contribution in [0.5, 0.6) is 0 Å². The Bertz CT molecular complexity index is 1110. The molecule has 1 saturated carbocycles.